The van der Waals surface area contributed by atoms with Crippen molar-refractivity contribution in [3.05, 3.63) is 28.8 Å². The van der Waals surface area contributed by atoms with Crippen LogP contribution in [-0.4, -0.2) is 28.9 Å². The van der Waals surface area contributed by atoms with Crippen LogP contribution in [0.4, 0.5) is 0 Å². The number of phenols is 1. The Morgan fingerprint density at radius 2 is 2.00 bits per heavy atom. The Labute approximate surface area is 156 Å². The number of aliphatic hydroxyl groups excluding tert-OH is 1. The van der Waals surface area contributed by atoms with Crippen LogP contribution in [0.2, 0.25) is 0 Å². The number of rotatable bonds is 3. The topological polar surface area (TPSA) is 66.8 Å². The van der Waals surface area contributed by atoms with Gasteiger partial charge in [-0.2, -0.15) is 0 Å². The van der Waals surface area contributed by atoms with Crippen molar-refractivity contribution in [2.75, 3.05) is 6.61 Å². The zero-order valence-electron chi connectivity index (χ0n) is 16.6. The fourth-order valence-electron chi connectivity index (χ4n) is 5.70. The number of phenolic OH excluding ortho intramolecular Hbond substituents is 1. The molecule has 0 aromatic heterocycles. The predicted molar refractivity (Wildman–Crippen MR) is 101 cm³/mol. The lowest BCUT2D eigenvalue weighted by Crippen LogP contribution is -2.54. The smallest absolute Gasteiger partial charge is 0.302 e. The quantitative estimate of drug-likeness (QED) is 0.798. The molecular formula is C22H32O4. The molecule has 0 heterocycles. The van der Waals surface area contributed by atoms with E-state index in [2.05, 4.69) is 33.8 Å². The van der Waals surface area contributed by atoms with Crippen LogP contribution < -0.4 is 0 Å². The number of carbonyl (C=O) groups excluding carboxylic acids is 1. The first-order valence-electron chi connectivity index (χ1n) is 9.74. The van der Waals surface area contributed by atoms with E-state index in [4.69, 9.17) is 4.74 Å². The molecule has 2 unspecified atom stereocenters. The number of benzene rings is 1. The lowest BCUT2D eigenvalue weighted by molar-refractivity contribution is -0.151. The van der Waals surface area contributed by atoms with Crippen molar-refractivity contribution in [3.8, 4) is 5.75 Å². The Bertz CT molecular complexity index is 710. The van der Waals surface area contributed by atoms with Gasteiger partial charge >= 0.3 is 5.97 Å². The van der Waals surface area contributed by atoms with Crippen molar-refractivity contribution in [1.29, 1.82) is 0 Å². The van der Waals surface area contributed by atoms with Crippen LogP contribution in [0.15, 0.2) is 12.1 Å². The maximum atomic E-state index is 11.4. The molecule has 0 aliphatic heterocycles. The summed E-state index contributed by atoms with van der Waals surface area (Å²) in [5, 5.41) is 21.2. The molecule has 4 nitrogen and oxygen atoms in total. The summed E-state index contributed by atoms with van der Waals surface area (Å²) >= 11 is 0. The average molecular weight is 360 g/mol. The summed E-state index contributed by atoms with van der Waals surface area (Å²) in [6.45, 7) is 10.3. The van der Waals surface area contributed by atoms with Gasteiger partial charge in [0.25, 0.3) is 0 Å². The predicted octanol–water partition coefficient (Wildman–Crippen LogP) is 4.06. The van der Waals surface area contributed by atoms with Gasteiger partial charge in [0, 0.05) is 12.3 Å². The summed E-state index contributed by atoms with van der Waals surface area (Å²) in [5.41, 5.74) is 2.94. The van der Waals surface area contributed by atoms with E-state index < -0.39 is 6.10 Å². The Hall–Kier alpha value is -1.55. The van der Waals surface area contributed by atoms with Crippen LogP contribution in [0, 0.1) is 11.3 Å². The molecule has 4 heteroatoms. The number of carbonyl (C=O) groups is 1. The Morgan fingerprint density at radius 1 is 1.31 bits per heavy atom. The van der Waals surface area contributed by atoms with E-state index in [1.807, 2.05) is 6.07 Å². The SMILES string of the molecule is CC(=O)OCC1(C)C[C@H](O)C[C@]2(C)c3cc(O)c(C(C)C)cc3CCC12. The number of aliphatic hydroxyl groups is 1. The summed E-state index contributed by atoms with van der Waals surface area (Å²) in [6.07, 6.45) is 2.86. The molecule has 3 rings (SSSR count). The minimum atomic E-state index is -0.435. The van der Waals surface area contributed by atoms with E-state index in [9.17, 15) is 15.0 Å². The Kier molecular flexibility index (Phi) is 4.85. The van der Waals surface area contributed by atoms with Crippen LogP contribution in [0.1, 0.15) is 76.5 Å². The first-order chi connectivity index (χ1) is 12.1. The van der Waals surface area contributed by atoms with Crippen molar-refractivity contribution in [1.82, 2.24) is 0 Å². The van der Waals surface area contributed by atoms with Crippen molar-refractivity contribution in [2.24, 2.45) is 11.3 Å². The largest absolute Gasteiger partial charge is 0.508 e. The highest BCUT2D eigenvalue weighted by molar-refractivity contribution is 5.66. The van der Waals surface area contributed by atoms with E-state index in [0.29, 0.717) is 31.1 Å². The van der Waals surface area contributed by atoms with Gasteiger partial charge in [-0.1, -0.05) is 33.8 Å². The molecule has 144 valence electrons. The third-order valence-corrected chi connectivity index (χ3v) is 6.77. The van der Waals surface area contributed by atoms with Gasteiger partial charge in [0.15, 0.2) is 0 Å². The standard InChI is InChI=1S/C22H32O4/c1-13(2)17-8-15-6-7-20-21(4,12-26-14(3)23)10-16(24)11-22(20,5)18(15)9-19(17)25/h8-9,13,16,20,24-25H,6-7,10-12H2,1-5H3/t16-,20?,21?,22+/m0/s1. The lowest BCUT2D eigenvalue weighted by Gasteiger charge is -2.56. The van der Waals surface area contributed by atoms with Gasteiger partial charge in [0.2, 0.25) is 0 Å². The molecule has 26 heavy (non-hydrogen) atoms. The van der Waals surface area contributed by atoms with E-state index in [1.54, 1.807) is 0 Å². The zero-order chi connectivity index (χ0) is 19.3. The summed E-state index contributed by atoms with van der Waals surface area (Å²) in [5.74, 6) is 0.650. The van der Waals surface area contributed by atoms with E-state index >= 15 is 0 Å². The van der Waals surface area contributed by atoms with Gasteiger partial charge < -0.3 is 14.9 Å². The van der Waals surface area contributed by atoms with E-state index in [-0.39, 0.29) is 22.7 Å². The highest BCUT2D eigenvalue weighted by atomic mass is 16.5. The second-order valence-electron chi connectivity index (χ2n) is 9.23. The third-order valence-electron chi connectivity index (χ3n) is 6.77. The van der Waals surface area contributed by atoms with Crippen molar-refractivity contribution in [2.45, 2.75) is 77.7 Å². The number of hydrogen-bond acceptors (Lipinski definition) is 4. The summed E-state index contributed by atoms with van der Waals surface area (Å²) in [4.78, 5) is 11.4. The van der Waals surface area contributed by atoms with Crippen molar-refractivity contribution in [3.63, 3.8) is 0 Å². The second kappa shape index (κ2) is 6.56. The number of fused-ring (bicyclic) bond motifs is 3. The fraction of sp³-hybridized carbons (Fsp3) is 0.682. The molecular weight excluding hydrogens is 328 g/mol. The highest BCUT2D eigenvalue weighted by Crippen LogP contribution is 2.58. The van der Waals surface area contributed by atoms with Gasteiger partial charge in [-0.3, -0.25) is 4.79 Å². The molecule has 0 amide bonds. The second-order valence-corrected chi connectivity index (χ2v) is 9.23. The normalized spacial score (nSPS) is 33.5. The maximum absolute atomic E-state index is 11.4. The molecule has 1 aromatic carbocycles. The lowest BCUT2D eigenvalue weighted by atomic mass is 9.49. The third kappa shape index (κ3) is 3.13. The molecule has 2 aliphatic carbocycles. The van der Waals surface area contributed by atoms with E-state index in [0.717, 1.165) is 24.0 Å². The van der Waals surface area contributed by atoms with Gasteiger partial charge in [-0.05, 0) is 65.7 Å². The minimum absolute atomic E-state index is 0.229. The first-order valence-corrected chi connectivity index (χ1v) is 9.74. The summed E-state index contributed by atoms with van der Waals surface area (Å²) < 4.78 is 5.39. The molecule has 1 saturated carbocycles. The van der Waals surface area contributed by atoms with Gasteiger partial charge in [-0.25, -0.2) is 0 Å². The Balaban J connectivity index is 2.05. The minimum Gasteiger partial charge on any atom is -0.508 e. The van der Waals surface area contributed by atoms with Crippen LogP contribution in [-0.2, 0) is 21.4 Å². The maximum Gasteiger partial charge on any atom is 0.302 e. The molecule has 0 radical (unpaired) electrons. The molecule has 1 fully saturated rings. The monoisotopic (exact) mass is 360 g/mol. The van der Waals surface area contributed by atoms with Gasteiger partial charge in [0.05, 0.1) is 12.7 Å². The van der Waals surface area contributed by atoms with Crippen LogP contribution >= 0.6 is 0 Å². The van der Waals surface area contributed by atoms with Gasteiger partial charge in [0.1, 0.15) is 5.75 Å². The average Bonchev–Trinajstić information content (AvgIpc) is 2.52. The molecule has 0 spiro atoms. The number of aryl methyl sites for hydroxylation is 1. The van der Waals surface area contributed by atoms with Crippen LogP contribution in [0.3, 0.4) is 0 Å². The molecule has 4 atom stereocenters. The van der Waals surface area contributed by atoms with Crippen molar-refractivity contribution >= 4 is 5.97 Å². The zero-order valence-corrected chi connectivity index (χ0v) is 16.6. The fourth-order valence-corrected chi connectivity index (χ4v) is 5.70. The molecule has 0 saturated heterocycles. The Morgan fingerprint density at radius 3 is 2.62 bits per heavy atom. The number of aromatic hydroxyl groups is 1. The number of hydrogen-bond donors (Lipinski definition) is 2. The summed E-state index contributed by atoms with van der Waals surface area (Å²) in [7, 11) is 0. The number of ether oxygens (including phenoxy) is 1. The molecule has 2 N–H and O–H groups in total. The molecule has 2 aliphatic rings. The summed E-state index contributed by atoms with van der Waals surface area (Å²) in [6, 6.07) is 4.09. The molecule has 1 aromatic rings. The highest BCUT2D eigenvalue weighted by Gasteiger charge is 2.54. The van der Waals surface area contributed by atoms with Crippen molar-refractivity contribution < 1.29 is 19.7 Å². The number of esters is 1. The first kappa shape index (κ1) is 19.2. The van der Waals surface area contributed by atoms with Gasteiger partial charge in [-0.15, -0.1) is 0 Å². The van der Waals surface area contributed by atoms with Crippen LogP contribution in [0.25, 0.3) is 0 Å². The molecule has 0 bridgehead atoms. The van der Waals surface area contributed by atoms with E-state index in [1.165, 1.54) is 12.5 Å². The van der Waals surface area contributed by atoms with Crippen LogP contribution in [0.5, 0.6) is 5.75 Å².